The highest BCUT2D eigenvalue weighted by Crippen LogP contribution is 2.23. The molecule has 2 heterocycles. The normalized spacial score (nSPS) is 16.9. The highest BCUT2D eigenvalue weighted by Gasteiger charge is 2.45. The Labute approximate surface area is 148 Å². The van der Waals surface area contributed by atoms with Crippen LogP contribution in [0.5, 0.6) is 0 Å². The first-order chi connectivity index (χ1) is 11.6. The molecule has 0 bridgehead atoms. The van der Waals surface area contributed by atoms with Gasteiger partial charge in [-0.2, -0.15) is 0 Å². The molecule has 0 aliphatic carbocycles. The first-order valence-corrected chi connectivity index (χ1v) is 8.48. The number of aryl methyl sites for hydroxylation is 1. The summed E-state index contributed by atoms with van der Waals surface area (Å²) in [7, 11) is 1.23. The molecule has 0 saturated heterocycles. The molecule has 7 nitrogen and oxygen atoms in total. The molecule has 0 radical (unpaired) electrons. The molecule has 1 unspecified atom stereocenters. The second kappa shape index (κ2) is 7.07. The molecule has 7 heteroatoms. The van der Waals surface area contributed by atoms with Crippen molar-refractivity contribution >= 4 is 11.9 Å². The summed E-state index contributed by atoms with van der Waals surface area (Å²) in [5.74, 6) is -1.02. The van der Waals surface area contributed by atoms with Crippen LogP contribution in [0, 0.1) is 5.41 Å². The summed E-state index contributed by atoms with van der Waals surface area (Å²) >= 11 is 0. The second-order valence-corrected chi connectivity index (χ2v) is 7.84. The van der Waals surface area contributed by atoms with Crippen molar-refractivity contribution in [2.75, 3.05) is 13.7 Å². The van der Waals surface area contributed by atoms with Crippen LogP contribution in [0.3, 0.4) is 0 Å². The average Bonchev–Trinajstić information content (AvgIpc) is 2.57. The maximum absolute atomic E-state index is 12.6. The van der Waals surface area contributed by atoms with Crippen molar-refractivity contribution in [3.05, 3.63) is 23.3 Å². The number of nitrogens with zero attached hydrogens (tertiary/aromatic N) is 3. The van der Waals surface area contributed by atoms with Crippen LogP contribution in [-0.2, 0) is 33.7 Å². The number of hydrogen-bond donors (Lipinski definition) is 1. The molecule has 1 amide bonds. The first kappa shape index (κ1) is 19.3. The number of hydrogen-bond acceptors (Lipinski definition) is 5. The lowest BCUT2D eigenvalue weighted by atomic mass is 9.90. The maximum atomic E-state index is 12.6. The van der Waals surface area contributed by atoms with E-state index in [0.29, 0.717) is 19.5 Å². The smallest absolute Gasteiger partial charge is 0.345 e. The standard InChI is InChI=1S/C18H27N3O4/c1-17(2,3)8-6-14-19-10-12-11-21(9-7-13(12)20-14)15(22)18(4,25-5)16(23)24/h10H,6-9,11H2,1-5H3,(H,23,24). The van der Waals surface area contributed by atoms with Gasteiger partial charge in [0, 0.05) is 44.8 Å². The summed E-state index contributed by atoms with van der Waals surface area (Å²) in [6.07, 6.45) is 4.16. The Hall–Kier alpha value is -2.02. The van der Waals surface area contributed by atoms with Crippen LogP contribution in [0.4, 0.5) is 0 Å². The van der Waals surface area contributed by atoms with Crippen molar-refractivity contribution in [2.45, 2.75) is 59.1 Å². The van der Waals surface area contributed by atoms with Gasteiger partial charge in [-0.1, -0.05) is 20.8 Å². The predicted molar refractivity (Wildman–Crippen MR) is 92.0 cm³/mol. The zero-order chi connectivity index (χ0) is 18.8. The number of fused-ring (bicyclic) bond motifs is 1. The number of carbonyl (C=O) groups is 2. The fraction of sp³-hybridized carbons (Fsp3) is 0.667. The van der Waals surface area contributed by atoms with Gasteiger partial charge in [0.25, 0.3) is 5.91 Å². The number of rotatable bonds is 5. The minimum absolute atomic E-state index is 0.226. The molecule has 1 aromatic heterocycles. The lowest BCUT2D eigenvalue weighted by Crippen LogP contribution is -2.54. The van der Waals surface area contributed by atoms with Gasteiger partial charge in [0.05, 0.1) is 5.69 Å². The van der Waals surface area contributed by atoms with Crippen LogP contribution in [0.2, 0.25) is 0 Å². The molecule has 1 atom stereocenters. The van der Waals surface area contributed by atoms with Crippen LogP contribution in [-0.4, -0.2) is 51.1 Å². The second-order valence-electron chi connectivity index (χ2n) is 7.84. The van der Waals surface area contributed by atoms with Crippen molar-refractivity contribution < 1.29 is 19.4 Å². The van der Waals surface area contributed by atoms with Crippen LogP contribution in [0.15, 0.2) is 6.20 Å². The molecule has 0 fully saturated rings. The Morgan fingerprint density at radius 2 is 2.00 bits per heavy atom. The van der Waals surface area contributed by atoms with Gasteiger partial charge in [-0.15, -0.1) is 0 Å². The summed E-state index contributed by atoms with van der Waals surface area (Å²) in [6, 6.07) is 0. The number of carboxylic acids is 1. The quantitative estimate of drug-likeness (QED) is 0.815. The molecule has 0 spiro atoms. The minimum Gasteiger partial charge on any atom is -0.479 e. The summed E-state index contributed by atoms with van der Waals surface area (Å²) in [5.41, 5.74) is 0.162. The molecular formula is C18H27N3O4. The number of aromatic nitrogens is 2. The summed E-state index contributed by atoms with van der Waals surface area (Å²) in [5, 5.41) is 9.29. The third-order valence-electron chi connectivity index (χ3n) is 4.59. The van der Waals surface area contributed by atoms with Gasteiger partial charge in [-0.3, -0.25) is 4.79 Å². The molecule has 1 aliphatic heterocycles. The average molecular weight is 349 g/mol. The zero-order valence-corrected chi connectivity index (χ0v) is 15.6. The molecule has 0 saturated carbocycles. The van der Waals surface area contributed by atoms with E-state index in [1.54, 1.807) is 6.20 Å². The monoisotopic (exact) mass is 349 g/mol. The van der Waals surface area contributed by atoms with Gasteiger partial charge >= 0.3 is 5.97 Å². The number of aliphatic carboxylic acids is 1. The van der Waals surface area contributed by atoms with Gasteiger partial charge in [0.1, 0.15) is 5.82 Å². The summed E-state index contributed by atoms with van der Waals surface area (Å²) < 4.78 is 4.96. The molecular weight excluding hydrogens is 322 g/mol. The number of carbonyl (C=O) groups excluding carboxylic acids is 1. The number of methoxy groups -OCH3 is 1. The van der Waals surface area contributed by atoms with Gasteiger partial charge < -0.3 is 14.7 Å². The predicted octanol–water partition coefficient (Wildman–Crippen LogP) is 1.83. The minimum atomic E-state index is -1.87. The van der Waals surface area contributed by atoms with E-state index in [1.165, 1.54) is 18.9 Å². The topological polar surface area (TPSA) is 92.6 Å². The van der Waals surface area contributed by atoms with E-state index in [9.17, 15) is 14.7 Å². The molecule has 1 aliphatic rings. The Kier molecular flexibility index (Phi) is 5.46. The van der Waals surface area contributed by atoms with Crippen molar-refractivity contribution in [3.8, 4) is 0 Å². The fourth-order valence-corrected chi connectivity index (χ4v) is 2.71. The Morgan fingerprint density at radius 3 is 2.56 bits per heavy atom. The van der Waals surface area contributed by atoms with Crippen molar-refractivity contribution in [1.82, 2.24) is 14.9 Å². The third kappa shape index (κ3) is 4.34. The van der Waals surface area contributed by atoms with E-state index in [-0.39, 0.29) is 5.41 Å². The lowest BCUT2D eigenvalue weighted by molar-refractivity contribution is -0.173. The fourth-order valence-electron chi connectivity index (χ4n) is 2.71. The van der Waals surface area contributed by atoms with Crippen LogP contribution in [0.1, 0.15) is 51.2 Å². The highest BCUT2D eigenvalue weighted by atomic mass is 16.5. The van der Waals surface area contributed by atoms with Crippen molar-refractivity contribution in [2.24, 2.45) is 5.41 Å². The van der Waals surface area contributed by atoms with Crippen LogP contribution in [0.25, 0.3) is 0 Å². The number of ether oxygens (including phenoxy) is 1. The van der Waals surface area contributed by atoms with Crippen molar-refractivity contribution in [1.29, 1.82) is 0 Å². The van der Waals surface area contributed by atoms with E-state index in [1.807, 2.05) is 0 Å². The van der Waals surface area contributed by atoms with Gasteiger partial charge in [-0.05, 0) is 18.8 Å². The Balaban J connectivity index is 2.12. The number of amides is 1. The van der Waals surface area contributed by atoms with Gasteiger partial charge in [0.2, 0.25) is 5.60 Å². The summed E-state index contributed by atoms with van der Waals surface area (Å²) in [6.45, 7) is 8.56. The van der Waals surface area contributed by atoms with Crippen LogP contribution >= 0.6 is 0 Å². The molecule has 1 aromatic rings. The van der Waals surface area contributed by atoms with E-state index < -0.39 is 17.5 Å². The van der Waals surface area contributed by atoms with E-state index in [2.05, 4.69) is 30.7 Å². The Bertz CT molecular complexity index is 669. The number of carboxylic acid groups (broad SMARTS) is 1. The first-order valence-electron chi connectivity index (χ1n) is 8.48. The largest absolute Gasteiger partial charge is 0.479 e. The zero-order valence-electron chi connectivity index (χ0n) is 15.6. The molecule has 1 N–H and O–H groups in total. The van der Waals surface area contributed by atoms with Gasteiger partial charge in [-0.25, -0.2) is 14.8 Å². The SMILES string of the molecule is COC(C)(C(=O)O)C(=O)N1CCc2nc(CCC(C)(C)C)ncc2C1. The Morgan fingerprint density at radius 1 is 1.32 bits per heavy atom. The molecule has 25 heavy (non-hydrogen) atoms. The van der Waals surface area contributed by atoms with Crippen molar-refractivity contribution in [3.63, 3.8) is 0 Å². The van der Waals surface area contributed by atoms with Crippen LogP contribution < -0.4 is 0 Å². The van der Waals surface area contributed by atoms with E-state index in [0.717, 1.165) is 29.9 Å². The van der Waals surface area contributed by atoms with Gasteiger partial charge in [0.15, 0.2) is 0 Å². The lowest BCUT2D eigenvalue weighted by Gasteiger charge is -2.33. The molecule has 2 rings (SSSR count). The molecule has 138 valence electrons. The highest BCUT2D eigenvalue weighted by molar-refractivity contribution is 6.05. The van der Waals surface area contributed by atoms with E-state index in [4.69, 9.17) is 4.74 Å². The van der Waals surface area contributed by atoms with E-state index >= 15 is 0 Å². The third-order valence-corrected chi connectivity index (χ3v) is 4.59. The summed E-state index contributed by atoms with van der Waals surface area (Å²) in [4.78, 5) is 34.5. The maximum Gasteiger partial charge on any atom is 0.345 e. The molecule has 0 aromatic carbocycles.